The lowest BCUT2D eigenvalue weighted by Gasteiger charge is -2.29. The van der Waals surface area contributed by atoms with Gasteiger partial charge in [0.2, 0.25) is 5.91 Å². The third-order valence-electron chi connectivity index (χ3n) is 4.51. The molecule has 29 heavy (non-hydrogen) atoms. The maximum Gasteiger partial charge on any atom is 0.265 e. The number of nitrogens with one attached hydrogen (secondary N) is 1. The maximum atomic E-state index is 12.2. The van der Waals surface area contributed by atoms with Crippen molar-refractivity contribution in [3.63, 3.8) is 0 Å². The summed E-state index contributed by atoms with van der Waals surface area (Å²) in [6.45, 7) is 3.14. The van der Waals surface area contributed by atoms with Crippen LogP contribution in [0.4, 0.5) is 11.4 Å². The molecule has 1 aliphatic heterocycles. The fourth-order valence-electron chi connectivity index (χ4n) is 3.07. The van der Waals surface area contributed by atoms with Crippen molar-refractivity contribution >= 4 is 23.2 Å². The van der Waals surface area contributed by atoms with Crippen molar-refractivity contribution < 1.29 is 23.8 Å². The van der Waals surface area contributed by atoms with Gasteiger partial charge in [-0.15, -0.1) is 0 Å². The van der Waals surface area contributed by atoms with Crippen LogP contribution in [0.25, 0.3) is 0 Å². The van der Waals surface area contributed by atoms with E-state index in [9.17, 15) is 9.59 Å². The molecule has 1 N–H and O–H groups in total. The number of benzene rings is 2. The van der Waals surface area contributed by atoms with Crippen LogP contribution in [0.1, 0.15) is 26.2 Å². The Balaban J connectivity index is 1.47. The SMILES string of the molecule is CCCN1C(=O)COc2cc(NC(=O)CCCOc3ccc(OC)cc3)ccc21. The molecule has 0 aromatic heterocycles. The van der Waals surface area contributed by atoms with Crippen LogP contribution >= 0.6 is 0 Å². The summed E-state index contributed by atoms with van der Waals surface area (Å²) in [6, 6.07) is 12.7. The molecule has 2 amide bonds. The average Bonchev–Trinajstić information content (AvgIpc) is 2.74. The van der Waals surface area contributed by atoms with Crippen molar-refractivity contribution in [2.75, 3.05) is 37.1 Å². The summed E-state index contributed by atoms with van der Waals surface area (Å²) in [6.07, 6.45) is 1.80. The Labute approximate surface area is 170 Å². The number of rotatable bonds is 9. The zero-order valence-electron chi connectivity index (χ0n) is 16.8. The number of carbonyl (C=O) groups excluding carboxylic acids is 2. The molecule has 0 radical (unpaired) electrons. The van der Waals surface area contributed by atoms with Gasteiger partial charge >= 0.3 is 0 Å². The highest BCUT2D eigenvalue weighted by atomic mass is 16.5. The van der Waals surface area contributed by atoms with E-state index in [0.717, 1.165) is 23.6 Å². The van der Waals surface area contributed by atoms with Gasteiger partial charge in [0.05, 0.1) is 19.4 Å². The zero-order chi connectivity index (χ0) is 20.6. The molecule has 154 valence electrons. The Kier molecular flexibility index (Phi) is 6.94. The van der Waals surface area contributed by atoms with Crippen LogP contribution in [0.15, 0.2) is 42.5 Å². The van der Waals surface area contributed by atoms with Gasteiger partial charge in [0.15, 0.2) is 6.61 Å². The minimum Gasteiger partial charge on any atom is -0.497 e. The second kappa shape index (κ2) is 9.82. The molecule has 1 aliphatic rings. The van der Waals surface area contributed by atoms with E-state index in [0.29, 0.717) is 37.4 Å². The van der Waals surface area contributed by atoms with Gasteiger partial charge in [-0.05, 0) is 49.2 Å². The largest absolute Gasteiger partial charge is 0.497 e. The molecule has 0 spiro atoms. The van der Waals surface area contributed by atoms with Crippen LogP contribution in [0.3, 0.4) is 0 Å². The fourth-order valence-corrected chi connectivity index (χ4v) is 3.07. The maximum absolute atomic E-state index is 12.2. The summed E-state index contributed by atoms with van der Waals surface area (Å²) >= 11 is 0. The lowest BCUT2D eigenvalue weighted by Crippen LogP contribution is -2.39. The normalized spacial score (nSPS) is 12.8. The molecule has 0 aliphatic carbocycles. The number of hydrogen-bond donors (Lipinski definition) is 1. The zero-order valence-corrected chi connectivity index (χ0v) is 16.8. The Morgan fingerprint density at radius 1 is 1.17 bits per heavy atom. The van der Waals surface area contributed by atoms with Crippen molar-refractivity contribution in [2.24, 2.45) is 0 Å². The molecule has 7 nitrogen and oxygen atoms in total. The van der Waals surface area contributed by atoms with Crippen molar-refractivity contribution in [2.45, 2.75) is 26.2 Å². The molecule has 2 aromatic rings. The number of methoxy groups -OCH3 is 1. The van der Waals surface area contributed by atoms with Crippen molar-refractivity contribution in [3.8, 4) is 17.2 Å². The summed E-state index contributed by atoms with van der Waals surface area (Å²) in [5.41, 5.74) is 1.39. The molecule has 0 saturated carbocycles. The first kappa shape index (κ1) is 20.5. The van der Waals surface area contributed by atoms with Crippen LogP contribution in [0, 0.1) is 0 Å². The van der Waals surface area contributed by atoms with E-state index >= 15 is 0 Å². The third-order valence-corrected chi connectivity index (χ3v) is 4.51. The molecular formula is C22H26N2O5. The van der Waals surface area contributed by atoms with Gasteiger partial charge in [-0.25, -0.2) is 0 Å². The number of anilines is 2. The number of hydrogen-bond acceptors (Lipinski definition) is 5. The Morgan fingerprint density at radius 2 is 1.93 bits per heavy atom. The van der Waals surface area contributed by atoms with Crippen LogP contribution in [0.2, 0.25) is 0 Å². The topological polar surface area (TPSA) is 77.1 Å². The van der Waals surface area contributed by atoms with E-state index < -0.39 is 0 Å². The van der Waals surface area contributed by atoms with Crippen molar-refractivity contribution in [1.82, 2.24) is 0 Å². The van der Waals surface area contributed by atoms with E-state index in [1.165, 1.54) is 0 Å². The predicted molar refractivity (Wildman–Crippen MR) is 111 cm³/mol. The molecule has 0 atom stereocenters. The molecule has 2 aromatic carbocycles. The summed E-state index contributed by atoms with van der Waals surface area (Å²) in [5.74, 6) is 1.98. The van der Waals surface area contributed by atoms with Crippen LogP contribution in [-0.2, 0) is 9.59 Å². The standard InChI is InChI=1S/C22H26N2O5/c1-3-12-24-19-11-6-16(14-20(19)29-15-22(24)26)23-21(25)5-4-13-28-18-9-7-17(27-2)8-10-18/h6-11,14H,3-5,12-13,15H2,1-2H3,(H,23,25). The first-order valence-corrected chi connectivity index (χ1v) is 9.74. The second-order valence-corrected chi connectivity index (χ2v) is 6.69. The van der Waals surface area contributed by atoms with E-state index in [1.54, 1.807) is 24.1 Å². The number of nitrogens with zero attached hydrogens (tertiary/aromatic N) is 1. The van der Waals surface area contributed by atoms with Crippen LogP contribution in [-0.4, -0.2) is 38.7 Å². The van der Waals surface area contributed by atoms with E-state index in [-0.39, 0.29) is 18.4 Å². The smallest absolute Gasteiger partial charge is 0.265 e. The minimum absolute atomic E-state index is 0.0209. The van der Waals surface area contributed by atoms with Gasteiger partial charge in [0, 0.05) is 24.7 Å². The number of fused-ring (bicyclic) bond motifs is 1. The van der Waals surface area contributed by atoms with E-state index in [1.807, 2.05) is 37.3 Å². The van der Waals surface area contributed by atoms with Crippen LogP contribution < -0.4 is 24.4 Å². The van der Waals surface area contributed by atoms with Crippen molar-refractivity contribution in [3.05, 3.63) is 42.5 Å². The number of carbonyl (C=O) groups is 2. The van der Waals surface area contributed by atoms with Gasteiger partial charge < -0.3 is 24.4 Å². The molecule has 0 unspecified atom stereocenters. The highest BCUT2D eigenvalue weighted by Crippen LogP contribution is 2.34. The van der Waals surface area contributed by atoms with E-state index in [4.69, 9.17) is 14.2 Å². The Bertz CT molecular complexity index is 851. The highest BCUT2D eigenvalue weighted by molar-refractivity contribution is 5.99. The first-order valence-electron chi connectivity index (χ1n) is 9.74. The fraction of sp³-hybridized carbons (Fsp3) is 0.364. The van der Waals surface area contributed by atoms with E-state index in [2.05, 4.69) is 5.32 Å². The van der Waals surface area contributed by atoms with Crippen molar-refractivity contribution in [1.29, 1.82) is 0 Å². The monoisotopic (exact) mass is 398 g/mol. The summed E-state index contributed by atoms with van der Waals surface area (Å²) in [7, 11) is 1.61. The average molecular weight is 398 g/mol. The van der Waals surface area contributed by atoms with Gasteiger partial charge in [-0.1, -0.05) is 6.92 Å². The lowest BCUT2D eigenvalue weighted by molar-refractivity contribution is -0.121. The van der Waals surface area contributed by atoms with Gasteiger partial charge in [0.25, 0.3) is 5.91 Å². The molecule has 0 bridgehead atoms. The first-order chi connectivity index (χ1) is 14.1. The molecule has 1 heterocycles. The summed E-state index contributed by atoms with van der Waals surface area (Å²) < 4.78 is 16.3. The van der Waals surface area contributed by atoms with Gasteiger partial charge in [-0.2, -0.15) is 0 Å². The predicted octanol–water partition coefficient (Wildman–Crippen LogP) is 3.63. The van der Waals surface area contributed by atoms with Gasteiger partial charge in [0.1, 0.15) is 17.2 Å². The Morgan fingerprint density at radius 3 is 2.66 bits per heavy atom. The van der Waals surface area contributed by atoms with Gasteiger partial charge in [-0.3, -0.25) is 9.59 Å². The van der Waals surface area contributed by atoms with Crippen LogP contribution in [0.5, 0.6) is 17.2 Å². The quantitative estimate of drug-likeness (QED) is 0.653. The third kappa shape index (κ3) is 5.40. The Hall–Kier alpha value is -3.22. The molecule has 7 heteroatoms. The molecule has 0 saturated heterocycles. The summed E-state index contributed by atoms with van der Waals surface area (Å²) in [4.78, 5) is 25.9. The molecular weight excluding hydrogens is 372 g/mol. The summed E-state index contributed by atoms with van der Waals surface area (Å²) in [5, 5.41) is 2.87. The highest BCUT2D eigenvalue weighted by Gasteiger charge is 2.25. The molecule has 0 fully saturated rings. The number of amides is 2. The molecule has 3 rings (SSSR count). The second-order valence-electron chi connectivity index (χ2n) is 6.69. The minimum atomic E-state index is -0.0967. The lowest BCUT2D eigenvalue weighted by atomic mass is 10.2. The number of ether oxygens (including phenoxy) is 3.